The standard InChI is InChI=1S/C22H20BrClN2O4S/c1-15(22(27)25-16-8-13-20(23)21(24)14-16)26(31(2,28)29)17-9-11-19(12-10-17)30-18-6-4-3-5-7-18/h3-15H,1-2H3,(H,25,27)/t15-/m1/s1. The molecule has 0 aromatic heterocycles. The van der Waals surface area contributed by atoms with Crippen LogP contribution in [0.15, 0.2) is 77.3 Å². The number of carbonyl (C=O) groups excluding carboxylic acids is 1. The summed E-state index contributed by atoms with van der Waals surface area (Å²) in [5.74, 6) is 0.717. The van der Waals surface area contributed by atoms with Gasteiger partial charge in [0.1, 0.15) is 17.5 Å². The molecule has 0 bridgehead atoms. The highest BCUT2D eigenvalue weighted by atomic mass is 79.9. The monoisotopic (exact) mass is 522 g/mol. The molecule has 1 amide bonds. The number of amides is 1. The second-order valence-corrected chi connectivity index (χ2v) is 9.88. The first-order valence-corrected chi connectivity index (χ1v) is 12.3. The number of ether oxygens (including phenoxy) is 1. The van der Waals surface area contributed by atoms with Crippen molar-refractivity contribution in [3.05, 3.63) is 82.3 Å². The maximum atomic E-state index is 12.8. The van der Waals surface area contributed by atoms with Gasteiger partial charge in [0, 0.05) is 10.2 Å². The predicted molar refractivity (Wildman–Crippen MR) is 128 cm³/mol. The molecule has 0 aliphatic heterocycles. The Kier molecular flexibility index (Phi) is 7.25. The van der Waals surface area contributed by atoms with Crippen LogP contribution in [0.3, 0.4) is 0 Å². The van der Waals surface area contributed by atoms with Gasteiger partial charge >= 0.3 is 0 Å². The quantitative estimate of drug-likeness (QED) is 0.432. The highest BCUT2D eigenvalue weighted by molar-refractivity contribution is 9.10. The largest absolute Gasteiger partial charge is 0.457 e. The number of para-hydroxylation sites is 1. The van der Waals surface area contributed by atoms with Crippen molar-refractivity contribution in [1.82, 2.24) is 0 Å². The Bertz CT molecular complexity index is 1170. The normalized spacial score (nSPS) is 12.1. The summed E-state index contributed by atoms with van der Waals surface area (Å²) in [6.07, 6.45) is 1.06. The molecule has 3 aromatic rings. The number of hydrogen-bond donors (Lipinski definition) is 1. The van der Waals surface area contributed by atoms with Crippen molar-refractivity contribution in [3.63, 3.8) is 0 Å². The first-order valence-electron chi connectivity index (χ1n) is 9.23. The molecule has 9 heteroatoms. The summed E-state index contributed by atoms with van der Waals surface area (Å²) in [7, 11) is -3.74. The van der Waals surface area contributed by atoms with E-state index in [1.165, 1.54) is 6.92 Å². The van der Waals surface area contributed by atoms with Crippen LogP contribution in [-0.2, 0) is 14.8 Å². The summed E-state index contributed by atoms with van der Waals surface area (Å²) in [4.78, 5) is 12.8. The van der Waals surface area contributed by atoms with E-state index >= 15 is 0 Å². The Labute approximate surface area is 195 Å². The Morgan fingerprint density at radius 3 is 2.23 bits per heavy atom. The minimum atomic E-state index is -3.74. The number of hydrogen-bond acceptors (Lipinski definition) is 4. The second-order valence-electron chi connectivity index (χ2n) is 6.76. The Hall–Kier alpha value is -2.55. The Morgan fingerprint density at radius 1 is 1.03 bits per heavy atom. The Balaban J connectivity index is 1.80. The summed E-state index contributed by atoms with van der Waals surface area (Å²) in [5, 5.41) is 3.13. The molecule has 1 N–H and O–H groups in total. The van der Waals surface area contributed by atoms with E-state index in [0.717, 1.165) is 10.6 Å². The molecule has 162 valence electrons. The molecule has 0 fully saturated rings. The number of nitrogens with one attached hydrogen (secondary N) is 1. The number of rotatable bonds is 7. The number of carbonyl (C=O) groups is 1. The third kappa shape index (κ3) is 6.00. The van der Waals surface area contributed by atoms with Crippen LogP contribution in [0.25, 0.3) is 0 Å². The fraction of sp³-hybridized carbons (Fsp3) is 0.136. The van der Waals surface area contributed by atoms with Gasteiger partial charge in [-0.05, 0) is 77.5 Å². The molecule has 0 heterocycles. The third-order valence-electron chi connectivity index (χ3n) is 4.35. The van der Waals surface area contributed by atoms with E-state index in [1.807, 2.05) is 30.3 Å². The topological polar surface area (TPSA) is 75.7 Å². The minimum Gasteiger partial charge on any atom is -0.457 e. The zero-order valence-corrected chi connectivity index (χ0v) is 19.9. The van der Waals surface area contributed by atoms with Crippen molar-refractivity contribution >= 4 is 54.8 Å². The SMILES string of the molecule is C[C@H](C(=O)Nc1ccc(Br)c(Cl)c1)N(c1ccc(Oc2ccccc2)cc1)S(C)(=O)=O. The lowest BCUT2D eigenvalue weighted by Crippen LogP contribution is -2.45. The van der Waals surface area contributed by atoms with Crippen LogP contribution in [-0.4, -0.2) is 26.6 Å². The van der Waals surface area contributed by atoms with Crippen LogP contribution in [0.5, 0.6) is 11.5 Å². The predicted octanol–water partition coefficient (Wildman–Crippen LogP) is 5.69. The van der Waals surface area contributed by atoms with Crippen LogP contribution in [0.4, 0.5) is 11.4 Å². The summed E-state index contributed by atoms with van der Waals surface area (Å²) < 4.78 is 32.5. The van der Waals surface area contributed by atoms with Gasteiger partial charge in [0.15, 0.2) is 0 Å². The maximum Gasteiger partial charge on any atom is 0.247 e. The third-order valence-corrected chi connectivity index (χ3v) is 6.82. The van der Waals surface area contributed by atoms with Crippen LogP contribution >= 0.6 is 27.5 Å². The average molecular weight is 524 g/mol. The summed E-state index contributed by atoms with van der Waals surface area (Å²) in [5.41, 5.74) is 0.810. The van der Waals surface area contributed by atoms with Crippen molar-refractivity contribution in [2.75, 3.05) is 15.9 Å². The molecular formula is C22H20BrClN2O4S. The zero-order chi connectivity index (χ0) is 22.6. The van der Waals surface area contributed by atoms with Gasteiger partial charge in [-0.2, -0.15) is 0 Å². The zero-order valence-electron chi connectivity index (χ0n) is 16.7. The lowest BCUT2D eigenvalue weighted by atomic mass is 10.2. The van der Waals surface area contributed by atoms with E-state index in [1.54, 1.807) is 42.5 Å². The summed E-state index contributed by atoms with van der Waals surface area (Å²) in [6, 6.07) is 19.7. The van der Waals surface area contributed by atoms with E-state index in [4.69, 9.17) is 16.3 Å². The first kappa shape index (κ1) is 23.1. The molecule has 0 aliphatic rings. The van der Waals surface area contributed by atoms with Gasteiger partial charge in [0.2, 0.25) is 15.9 Å². The number of benzene rings is 3. The summed E-state index contributed by atoms with van der Waals surface area (Å²) >= 11 is 9.35. The molecule has 0 saturated carbocycles. The molecule has 0 saturated heterocycles. The van der Waals surface area contributed by atoms with Gasteiger partial charge < -0.3 is 10.1 Å². The molecule has 6 nitrogen and oxygen atoms in total. The van der Waals surface area contributed by atoms with Crippen molar-refractivity contribution in [2.45, 2.75) is 13.0 Å². The number of nitrogens with zero attached hydrogens (tertiary/aromatic N) is 1. The van der Waals surface area contributed by atoms with Crippen LogP contribution < -0.4 is 14.4 Å². The molecule has 0 radical (unpaired) electrons. The molecule has 0 unspecified atom stereocenters. The fourth-order valence-electron chi connectivity index (χ4n) is 2.92. The van der Waals surface area contributed by atoms with Crippen LogP contribution in [0.1, 0.15) is 6.92 Å². The lowest BCUT2D eigenvalue weighted by molar-refractivity contribution is -0.116. The number of sulfonamides is 1. The van der Waals surface area contributed by atoms with E-state index in [9.17, 15) is 13.2 Å². The van der Waals surface area contributed by atoms with E-state index < -0.39 is 22.0 Å². The van der Waals surface area contributed by atoms with Gasteiger partial charge in [-0.15, -0.1) is 0 Å². The van der Waals surface area contributed by atoms with Crippen molar-refractivity contribution in [1.29, 1.82) is 0 Å². The molecule has 3 rings (SSSR count). The number of anilines is 2. The van der Waals surface area contributed by atoms with Crippen LogP contribution in [0.2, 0.25) is 5.02 Å². The van der Waals surface area contributed by atoms with E-state index in [-0.39, 0.29) is 0 Å². The number of halogens is 2. The molecule has 0 spiro atoms. The van der Waals surface area contributed by atoms with Crippen molar-refractivity contribution in [3.8, 4) is 11.5 Å². The Morgan fingerprint density at radius 2 is 1.65 bits per heavy atom. The lowest BCUT2D eigenvalue weighted by Gasteiger charge is -2.28. The van der Waals surface area contributed by atoms with Crippen LogP contribution in [0, 0.1) is 0 Å². The van der Waals surface area contributed by atoms with Gasteiger partial charge in [-0.25, -0.2) is 8.42 Å². The van der Waals surface area contributed by atoms with Crippen molar-refractivity contribution in [2.24, 2.45) is 0 Å². The first-order chi connectivity index (χ1) is 14.6. The van der Waals surface area contributed by atoms with E-state index in [0.29, 0.717) is 32.4 Å². The maximum absolute atomic E-state index is 12.8. The minimum absolute atomic E-state index is 0.347. The van der Waals surface area contributed by atoms with E-state index in [2.05, 4.69) is 21.2 Å². The highest BCUT2D eigenvalue weighted by Crippen LogP contribution is 2.28. The van der Waals surface area contributed by atoms with Gasteiger partial charge in [-0.1, -0.05) is 29.8 Å². The van der Waals surface area contributed by atoms with Gasteiger partial charge in [0.05, 0.1) is 17.0 Å². The highest BCUT2D eigenvalue weighted by Gasteiger charge is 2.29. The fourth-order valence-corrected chi connectivity index (χ4v) is 4.52. The molecule has 3 aromatic carbocycles. The van der Waals surface area contributed by atoms with Crippen molar-refractivity contribution < 1.29 is 17.9 Å². The smallest absolute Gasteiger partial charge is 0.247 e. The van der Waals surface area contributed by atoms with Gasteiger partial charge in [0.25, 0.3) is 0 Å². The second kappa shape index (κ2) is 9.72. The molecule has 31 heavy (non-hydrogen) atoms. The molecular weight excluding hydrogens is 504 g/mol. The molecule has 1 atom stereocenters. The van der Waals surface area contributed by atoms with Gasteiger partial charge in [-0.3, -0.25) is 9.10 Å². The molecule has 0 aliphatic carbocycles. The average Bonchev–Trinajstić information content (AvgIpc) is 2.72. The summed E-state index contributed by atoms with van der Waals surface area (Å²) in [6.45, 7) is 1.52.